The lowest BCUT2D eigenvalue weighted by molar-refractivity contribution is -0.115. The van der Waals surface area contributed by atoms with Gasteiger partial charge in [0.05, 0.1) is 16.9 Å². The smallest absolute Gasteiger partial charge is 0.335 e. The van der Waals surface area contributed by atoms with Crippen LogP contribution in [0.5, 0.6) is 0 Å². The Bertz CT molecular complexity index is 468. The van der Waals surface area contributed by atoms with E-state index < -0.39 is 5.97 Å². The Morgan fingerprint density at radius 2 is 1.84 bits per heavy atom. The lowest BCUT2D eigenvalue weighted by Crippen LogP contribution is -2.24. The molecule has 0 fully saturated rings. The summed E-state index contributed by atoms with van der Waals surface area (Å²) in [4.78, 5) is 24.6. The Morgan fingerprint density at radius 3 is 2.32 bits per heavy atom. The van der Waals surface area contributed by atoms with Crippen molar-refractivity contribution in [1.29, 1.82) is 0 Å². The molecule has 0 radical (unpaired) electrons. The summed E-state index contributed by atoms with van der Waals surface area (Å²) in [5.41, 5.74) is 1.56. The van der Waals surface area contributed by atoms with Crippen molar-refractivity contribution in [2.24, 2.45) is 0 Å². The molecule has 1 aromatic rings. The van der Waals surface area contributed by atoms with Crippen molar-refractivity contribution in [3.8, 4) is 0 Å². The van der Waals surface area contributed by atoms with Crippen LogP contribution in [0.15, 0.2) is 18.2 Å². The van der Waals surface area contributed by atoms with Crippen molar-refractivity contribution in [1.82, 2.24) is 0 Å². The molecule has 0 aliphatic heterocycles. The highest BCUT2D eigenvalue weighted by atomic mass is 16.4. The van der Waals surface area contributed by atoms with Gasteiger partial charge in [-0.1, -0.05) is 6.92 Å². The SMILES string of the molecule is CCC(=O)Nc1cc(C(=O)O)ccc1N(CC)CC. The summed E-state index contributed by atoms with van der Waals surface area (Å²) in [5, 5.41) is 11.8. The Labute approximate surface area is 113 Å². The van der Waals surface area contributed by atoms with Gasteiger partial charge in [0, 0.05) is 19.5 Å². The van der Waals surface area contributed by atoms with Crippen molar-refractivity contribution in [2.75, 3.05) is 23.3 Å². The number of hydrogen-bond acceptors (Lipinski definition) is 3. The zero-order chi connectivity index (χ0) is 14.4. The summed E-state index contributed by atoms with van der Waals surface area (Å²) < 4.78 is 0. The number of rotatable bonds is 6. The van der Waals surface area contributed by atoms with Gasteiger partial charge in [-0.15, -0.1) is 0 Å². The number of carboxylic acids is 1. The molecule has 0 aliphatic carbocycles. The predicted molar refractivity (Wildman–Crippen MR) is 75.9 cm³/mol. The van der Waals surface area contributed by atoms with Gasteiger partial charge in [0.25, 0.3) is 0 Å². The zero-order valence-electron chi connectivity index (χ0n) is 11.6. The van der Waals surface area contributed by atoms with Gasteiger partial charge in [-0.2, -0.15) is 0 Å². The Hall–Kier alpha value is -2.04. The Balaban J connectivity index is 3.21. The highest BCUT2D eigenvalue weighted by Crippen LogP contribution is 2.27. The van der Waals surface area contributed by atoms with Crippen molar-refractivity contribution in [3.05, 3.63) is 23.8 Å². The molecule has 5 heteroatoms. The van der Waals surface area contributed by atoms with Crippen LogP contribution in [0.2, 0.25) is 0 Å². The minimum absolute atomic E-state index is 0.129. The molecule has 104 valence electrons. The molecule has 1 amide bonds. The molecule has 0 saturated heterocycles. The molecule has 0 aliphatic rings. The lowest BCUT2D eigenvalue weighted by atomic mass is 10.1. The van der Waals surface area contributed by atoms with E-state index >= 15 is 0 Å². The van der Waals surface area contributed by atoms with Crippen LogP contribution >= 0.6 is 0 Å². The molecular formula is C14H20N2O3. The fourth-order valence-electron chi connectivity index (χ4n) is 1.85. The fourth-order valence-corrected chi connectivity index (χ4v) is 1.85. The van der Waals surface area contributed by atoms with Gasteiger partial charge in [-0.25, -0.2) is 4.79 Å². The third-order valence-electron chi connectivity index (χ3n) is 2.94. The first-order valence-corrected chi connectivity index (χ1v) is 6.45. The van der Waals surface area contributed by atoms with Gasteiger partial charge < -0.3 is 15.3 Å². The second-order valence-electron chi connectivity index (χ2n) is 4.11. The van der Waals surface area contributed by atoms with E-state index in [2.05, 4.69) is 10.2 Å². The molecule has 0 unspecified atom stereocenters. The van der Waals surface area contributed by atoms with Crippen LogP contribution in [0.25, 0.3) is 0 Å². The van der Waals surface area contributed by atoms with Gasteiger partial charge in [-0.05, 0) is 32.0 Å². The summed E-state index contributed by atoms with van der Waals surface area (Å²) in [7, 11) is 0. The molecule has 0 aromatic heterocycles. The van der Waals surface area contributed by atoms with Crippen molar-refractivity contribution >= 4 is 23.3 Å². The molecule has 2 N–H and O–H groups in total. The highest BCUT2D eigenvalue weighted by Gasteiger charge is 2.13. The number of benzene rings is 1. The van der Waals surface area contributed by atoms with E-state index in [0.717, 1.165) is 18.8 Å². The fraction of sp³-hybridized carbons (Fsp3) is 0.429. The maximum atomic E-state index is 11.5. The molecule has 0 saturated carbocycles. The quantitative estimate of drug-likeness (QED) is 0.828. The molecule has 0 heterocycles. The first kappa shape index (κ1) is 15.0. The van der Waals surface area contributed by atoms with Crippen molar-refractivity contribution in [2.45, 2.75) is 27.2 Å². The molecule has 19 heavy (non-hydrogen) atoms. The Morgan fingerprint density at radius 1 is 1.21 bits per heavy atom. The van der Waals surface area contributed by atoms with Crippen LogP contribution in [0, 0.1) is 0 Å². The van der Waals surface area contributed by atoms with Gasteiger partial charge in [-0.3, -0.25) is 4.79 Å². The number of carboxylic acid groups (broad SMARTS) is 1. The van der Waals surface area contributed by atoms with E-state index in [4.69, 9.17) is 5.11 Å². The predicted octanol–water partition coefficient (Wildman–Crippen LogP) is 2.58. The number of nitrogens with zero attached hydrogens (tertiary/aromatic N) is 1. The van der Waals surface area contributed by atoms with E-state index in [1.807, 2.05) is 13.8 Å². The van der Waals surface area contributed by atoms with Crippen LogP contribution in [-0.4, -0.2) is 30.1 Å². The second kappa shape index (κ2) is 6.78. The van der Waals surface area contributed by atoms with Gasteiger partial charge in [0.2, 0.25) is 5.91 Å². The van der Waals surface area contributed by atoms with Gasteiger partial charge in [0.15, 0.2) is 0 Å². The van der Waals surface area contributed by atoms with Crippen molar-refractivity contribution in [3.63, 3.8) is 0 Å². The van der Waals surface area contributed by atoms with E-state index in [0.29, 0.717) is 12.1 Å². The number of anilines is 2. The summed E-state index contributed by atoms with van der Waals surface area (Å²) in [6.45, 7) is 7.36. The van der Waals surface area contributed by atoms with Crippen LogP contribution < -0.4 is 10.2 Å². The second-order valence-corrected chi connectivity index (χ2v) is 4.11. The lowest BCUT2D eigenvalue weighted by Gasteiger charge is -2.24. The number of nitrogens with one attached hydrogen (secondary N) is 1. The third-order valence-corrected chi connectivity index (χ3v) is 2.94. The Kier molecular flexibility index (Phi) is 5.36. The molecule has 1 aromatic carbocycles. The standard InChI is InChI=1S/C14H20N2O3/c1-4-13(17)15-11-9-10(14(18)19)7-8-12(11)16(5-2)6-3/h7-9H,4-6H2,1-3H3,(H,15,17)(H,18,19). The van der Waals surface area contributed by atoms with E-state index in [9.17, 15) is 9.59 Å². The normalized spacial score (nSPS) is 10.1. The van der Waals surface area contributed by atoms with E-state index in [1.165, 1.54) is 6.07 Å². The van der Waals surface area contributed by atoms with Crippen LogP contribution in [0.1, 0.15) is 37.6 Å². The average Bonchev–Trinajstić information content (AvgIpc) is 2.41. The molecular weight excluding hydrogens is 244 g/mol. The van der Waals surface area contributed by atoms with Crippen molar-refractivity contribution < 1.29 is 14.7 Å². The number of amides is 1. The van der Waals surface area contributed by atoms with Crippen LogP contribution in [-0.2, 0) is 4.79 Å². The maximum Gasteiger partial charge on any atom is 0.335 e. The first-order valence-electron chi connectivity index (χ1n) is 6.45. The topological polar surface area (TPSA) is 69.6 Å². The van der Waals surface area contributed by atoms with Gasteiger partial charge in [0.1, 0.15) is 0 Å². The minimum Gasteiger partial charge on any atom is -0.478 e. The first-order chi connectivity index (χ1) is 9.03. The average molecular weight is 264 g/mol. The maximum absolute atomic E-state index is 11.5. The van der Waals surface area contributed by atoms with Crippen LogP contribution in [0.4, 0.5) is 11.4 Å². The van der Waals surface area contributed by atoms with Gasteiger partial charge >= 0.3 is 5.97 Å². The molecule has 0 atom stereocenters. The third kappa shape index (κ3) is 3.71. The minimum atomic E-state index is -1.00. The number of carbonyl (C=O) groups is 2. The highest BCUT2D eigenvalue weighted by molar-refractivity contribution is 5.97. The van der Waals surface area contributed by atoms with E-state index in [-0.39, 0.29) is 11.5 Å². The monoisotopic (exact) mass is 264 g/mol. The summed E-state index contributed by atoms with van der Waals surface area (Å²) >= 11 is 0. The largest absolute Gasteiger partial charge is 0.478 e. The summed E-state index contributed by atoms with van der Waals surface area (Å²) in [5.74, 6) is -1.13. The number of aromatic carboxylic acids is 1. The molecule has 1 rings (SSSR count). The summed E-state index contributed by atoms with van der Waals surface area (Å²) in [6, 6.07) is 4.79. The molecule has 0 spiro atoms. The number of carbonyl (C=O) groups excluding carboxylic acids is 1. The molecule has 0 bridgehead atoms. The number of hydrogen-bond donors (Lipinski definition) is 2. The van der Waals surface area contributed by atoms with E-state index in [1.54, 1.807) is 19.1 Å². The zero-order valence-corrected chi connectivity index (χ0v) is 11.6. The van der Waals surface area contributed by atoms with Crippen LogP contribution in [0.3, 0.4) is 0 Å². The summed E-state index contributed by atoms with van der Waals surface area (Å²) in [6.07, 6.45) is 0.356. The molecule has 5 nitrogen and oxygen atoms in total.